The molecule has 2 fully saturated rings. The van der Waals surface area contributed by atoms with Gasteiger partial charge < -0.3 is 10.4 Å². The molecule has 166 valence electrons. The van der Waals surface area contributed by atoms with E-state index in [1.807, 2.05) is 33.8 Å². The van der Waals surface area contributed by atoms with E-state index in [-0.39, 0.29) is 11.9 Å². The zero-order chi connectivity index (χ0) is 21.9. The van der Waals surface area contributed by atoms with Crippen LogP contribution in [0.5, 0.6) is 0 Å². The second-order valence-electron chi connectivity index (χ2n) is 9.92. The van der Waals surface area contributed by atoms with Crippen molar-refractivity contribution in [3.8, 4) is 0 Å². The number of nitrogens with zero attached hydrogens (tertiary/aromatic N) is 2. The number of hydrogen-bond donors (Lipinski definition) is 2. The largest absolute Gasteiger partial charge is 0.465 e. The van der Waals surface area contributed by atoms with Crippen LogP contribution in [0, 0.1) is 11.8 Å². The van der Waals surface area contributed by atoms with Crippen molar-refractivity contribution in [3.63, 3.8) is 0 Å². The predicted molar refractivity (Wildman–Crippen MR) is 118 cm³/mol. The van der Waals surface area contributed by atoms with Crippen molar-refractivity contribution in [2.45, 2.75) is 77.5 Å². The smallest absolute Gasteiger partial charge is 0.408 e. The molecule has 1 heterocycles. The van der Waals surface area contributed by atoms with Crippen LogP contribution < -0.4 is 5.32 Å². The van der Waals surface area contributed by atoms with Crippen LogP contribution in [0.25, 0.3) is 0 Å². The van der Waals surface area contributed by atoms with Crippen LogP contribution in [0.3, 0.4) is 0 Å². The van der Waals surface area contributed by atoms with Gasteiger partial charge in [-0.1, -0.05) is 43.7 Å². The van der Waals surface area contributed by atoms with Gasteiger partial charge in [0.2, 0.25) is 5.91 Å². The highest BCUT2D eigenvalue weighted by Crippen LogP contribution is 2.39. The minimum absolute atomic E-state index is 0.137. The van der Waals surface area contributed by atoms with Gasteiger partial charge in [0.05, 0.1) is 0 Å². The summed E-state index contributed by atoms with van der Waals surface area (Å²) in [6.07, 6.45) is 2.38. The molecule has 0 radical (unpaired) electrons. The second kappa shape index (κ2) is 9.38. The Balaban J connectivity index is 1.64. The first kappa shape index (κ1) is 22.6. The lowest BCUT2D eigenvalue weighted by Crippen LogP contribution is -2.58. The van der Waals surface area contributed by atoms with Gasteiger partial charge in [-0.15, -0.1) is 0 Å². The summed E-state index contributed by atoms with van der Waals surface area (Å²) in [7, 11) is 0. The zero-order valence-corrected chi connectivity index (χ0v) is 18.8. The average molecular weight is 416 g/mol. The van der Waals surface area contributed by atoms with Crippen molar-refractivity contribution in [1.29, 1.82) is 0 Å². The third-order valence-electron chi connectivity index (χ3n) is 6.61. The van der Waals surface area contributed by atoms with Gasteiger partial charge in [0, 0.05) is 31.2 Å². The molecule has 4 atom stereocenters. The lowest BCUT2D eigenvalue weighted by Gasteiger charge is -2.39. The van der Waals surface area contributed by atoms with Crippen molar-refractivity contribution < 1.29 is 14.7 Å². The van der Waals surface area contributed by atoms with E-state index in [4.69, 9.17) is 0 Å². The number of carboxylic acid groups (broad SMARTS) is 1. The van der Waals surface area contributed by atoms with Gasteiger partial charge in [-0.05, 0) is 57.4 Å². The Bertz CT molecular complexity index is 731. The number of fused-ring (bicyclic) bond motifs is 1. The molecule has 2 amide bonds. The average Bonchev–Trinajstić information content (AvgIpc) is 3.22. The first-order valence-electron chi connectivity index (χ1n) is 11.3. The molecule has 1 aliphatic carbocycles. The molecule has 1 saturated heterocycles. The number of hydrogen-bond acceptors (Lipinski definition) is 3. The van der Waals surface area contributed by atoms with Crippen LogP contribution in [-0.2, 0) is 11.3 Å². The molecule has 3 rings (SSSR count). The normalized spacial score (nSPS) is 25.0. The Morgan fingerprint density at radius 2 is 1.90 bits per heavy atom. The molecule has 2 aliphatic rings. The quantitative estimate of drug-likeness (QED) is 0.707. The van der Waals surface area contributed by atoms with Gasteiger partial charge in [-0.3, -0.25) is 14.6 Å². The summed E-state index contributed by atoms with van der Waals surface area (Å²) in [5.41, 5.74) is 0.699. The van der Waals surface area contributed by atoms with Crippen molar-refractivity contribution in [2.24, 2.45) is 11.8 Å². The maximum Gasteiger partial charge on any atom is 0.408 e. The molecule has 2 N–H and O–H groups in total. The monoisotopic (exact) mass is 415 g/mol. The molecule has 1 aromatic carbocycles. The highest BCUT2D eigenvalue weighted by atomic mass is 16.4. The molecule has 1 aliphatic heterocycles. The molecular formula is C24H37N3O3. The van der Waals surface area contributed by atoms with E-state index >= 15 is 0 Å². The number of benzene rings is 1. The van der Waals surface area contributed by atoms with Gasteiger partial charge in [0.1, 0.15) is 6.04 Å². The second-order valence-corrected chi connectivity index (χ2v) is 9.92. The van der Waals surface area contributed by atoms with E-state index < -0.39 is 17.7 Å². The van der Waals surface area contributed by atoms with E-state index in [1.165, 1.54) is 10.5 Å². The van der Waals surface area contributed by atoms with E-state index in [2.05, 4.69) is 34.5 Å². The zero-order valence-electron chi connectivity index (χ0n) is 18.8. The number of rotatable bonds is 7. The fraction of sp³-hybridized carbons (Fsp3) is 0.667. The molecule has 6 heteroatoms. The van der Waals surface area contributed by atoms with Gasteiger partial charge in [-0.25, -0.2) is 4.79 Å². The first-order valence-corrected chi connectivity index (χ1v) is 11.3. The van der Waals surface area contributed by atoms with Gasteiger partial charge in [0.15, 0.2) is 0 Å². The Morgan fingerprint density at radius 3 is 2.50 bits per heavy atom. The van der Waals surface area contributed by atoms with E-state index in [0.29, 0.717) is 18.3 Å². The lowest BCUT2D eigenvalue weighted by molar-refractivity contribution is -0.129. The summed E-state index contributed by atoms with van der Waals surface area (Å²) in [6, 6.07) is 10.0. The molecule has 0 spiro atoms. The van der Waals surface area contributed by atoms with Crippen LogP contribution in [0.4, 0.5) is 4.79 Å². The SMILES string of the molecule is CCCC(C(=O)N[C@H]1CC[C@@H]2CN(Cc3ccccc3)C[C@@H]21)N(C(=O)O)C(C)(C)C. The van der Waals surface area contributed by atoms with Crippen molar-refractivity contribution >= 4 is 12.0 Å². The summed E-state index contributed by atoms with van der Waals surface area (Å²) in [6.45, 7) is 10.6. The number of likely N-dealkylation sites (tertiary alicyclic amines) is 1. The van der Waals surface area contributed by atoms with Crippen LogP contribution in [0.15, 0.2) is 30.3 Å². The summed E-state index contributed by atoms with van der Waals surface area (Å²) < 4.78 is 0. The Labute approximate surface area is 180 Å². The molecule has 0 aromatic heterocycles. The Kier molecular flexibility index (Phi) is 7.06. The van der Waals surface area contributed by atoms with Crippen molar-refractivity contribution in [3.05, 3.63) is 35.9 Å². The molecule has 1 saturated carbocycles. The maximum atomic E-state index is 13.2. The molecular weight excluding hydrogens is 378 g/mol. The fourth-order valence-electron chi connectivity index (χ4n) is 5.33. The number of nitrogens with one attached hydrogen (secondary N) is 1. The van der Waals surface area contributed by atoms with Crippen LogP contribution in [0.1, 0.15) is 58.9 Å². The summed E-state index contributed by atoms with van der Waals surface area (Å²) in [5, 5.41) is 13.0. The molecule has 0 bridgehead atoms. The maximum absolute atomic E-state index is 13.2. The van der Waals surface area contributed by atoms with Crippen LogP contribution >= 0.6 is 0 Å². The number of amides is 2. The van der Waals surface area contributed by atoms with E-state index in [0.717, 1.165) is 38.9 Å². The number of carbonyl (C=O) groups is 2. The summed E-state index contributed by atoms with van der Waals surface area (Å²) >= 11 is 0. The highest BCUT2D eigenvalue weighted by molar-refractivity contribution is 5.86. The summed E-state index contributed by atoms with van der Waals surface area (Å²) in [5.74, 6) is 0.927. The minimum Gasteiger partial charge on any atom is -0.465 e. The van der Waals surface area contributed by atoms with Crippen LogP contribution in [-0.4, -0.2) is 57.6 Å². The fourth-order valence-corrected chi connectivity index (χ4v) is 5.33. The van der Waals surface area contributed by atoms with Crippen LogP contribution in [0.2, 0.25) is 0 Å². The first-order chi connectivity index (χ1) is 14.2. The van der Waals surface area contributed by atoms with Gasteiger partial charge in [0.25, 0.3) is 0 Å². The van der Waals surface area contributed by atoms with Gasteiger partial charge in [-0.2, -0.15) is 0 Å². The molecule has 6 nitrogen and oxygen atoms in total. The van der Waals surface area contributed by atoms with Crippen molar-refractivity contribution in [1.82, 2.24) is 15.1 Å². The Hall–Kier alpha value is -2.08. The van der Waals surface area contributed by atoms with Gasteiger partial charge >= 0.3 is 6.09 Å². The third kappa shape index (κ3) is 5.15. The molecule has 1 aromatic rings. The number of carbonyl (C=O) groups excluding carboxylic acids is 1. The third-order valence-corrected chi connectivity index (χ3v) is 6.61. The lowest BCUT2D eigenvalue weighted by atomic mass is 9.96. The topological polar surface area (TPSA) is 72.9 Å². The minimum atomic E-state index is -1.03. The van der Waals surface area contributed by atoms with E-state index in [9.17, 15) is 14.7 Å². The summed E-state index contributed by atoms with van der Waals surface area (Å²) in [4.78, 5) is 29.0. The van der Waals surface area contributed by atoms with E-state index in [1.54, 1.807) is 0 Å². The highest BCUT2D eigenvalue weighted by Gasteiger charge is 2.44. The standard InChI is InChI=1S/C24H37N3O3/c1-5-9-21(27(23(29)30)24(2,3)4)22(28)25-20-13-12-18-15-26(16-19(18)20)14-17-10-7-6-8-11-17/h6-8,10-11,18-21H,5,9,12-16H2,1-4H3,(H,25,28)(H,29,30)/t18-,19+,20+,21?/m1/s1. The molecule has 1 unspecified atom stereocenters. The van der Waals surface area contributed by atoms with Crippen molar-refractivity contribution in [2.75, 3.05) is 13.1 Å². The molecule has 30 heavy (non-hydrogen) atoms. The predicted octanol–water partition coefficient (Wildman–Crippen LogP) is 3.96. The Morgan fingerprint density at radius 1 is 1.20 bits per heavy atom.